The van der Waals surface area contributed by atoms with E-state index >= 15 is 0 Å². The van der Waals surface area contributed by atoms with Crippen molar-refractivity contribution < 1.29 is 0 Å². The summed E-state index contributed by atoms with van der Waals surface area (Å²) in [6.45, 7) is 12.2. The van der Waals surface area contributed by atoms with Crippen LogP contribution in [0.2, 0.25) is 0 Å². The molecule has 4 N–H and O–H groups in total. The fourth-order valence-electron chi connectivity index (χ4n) is 1.49. The van der Waals surface area contributed by atoms with Crippen molar-refractivity contribution in [1.29, 1.82) is 0 Å². The first-order valence-corrected chi connectivity index (χ1v) is 6.76. The number of rotatable bonds is 6. The summed E-state index contributed by atoms with van der Waals surface area (Å²) < 4.78 is 0. The van der Waals surface area contributed by atoms with Gasteiger partial charge in [-0.25, -0.2) is 9.97 Å². The van der Waals surface area contributed by atoms with E-state index in [9.17, 15) is 0 Å². The number of hydrogen-bond donors (Lipinski definition) is 3. The van der Waals surface area contributed by atoms with Gasteiger partial charge < -0.3 is 16.4 Å². The minimum Gasteiger partial charge on any atom is -0.370 e. The van der Waals surface area contributed by atoms with Crippen LogP contribution in [-0.2, 0) is 0 Å². The third kappa shape index (κ3) is 6.38. The van der Waals surface area contributed by atoms with E-state index in [-0.39, 0.29) is 5.54 Å². The lowest BCUT2D eigenvalue weighted by Crippen LogP contribution is -2.39. The van der Waals surface area contributed by atoms with Crippen molar-refractivity contribution in [2.75, 3.05) is 23.7 Å². The maximum Gasteiger partial charge on any atom is 0.131 e. The number of nitrogens with two attached hydrogens (primary N) is 1. The molecule has 0 aliphatic rings. The number of anilines is 2. The van der Waals surface area contributed by atoms with Gasteiger partial charge >= 0.3 is 0 Å². The van der Waals surface area contributed by atoms with E-state index in [1.807, 2.05) is 19.9 Å². The predicted molar refractivity (Wildman–Crippen MR) is 81.3 cm³/mol. The molecule has 5 nitrogen and oxygen atoms in total. The molecule has 0 aromatic carbocycles. The molecule has 19 heavy (non-hydrogen) atoms. The van der Waals surface area contributed by atoms with E-state index in [4.69, 9.17) is 5.73 Å². The molecule has 5 heteroatoms. The van der Waals surface area contributed by atoms with E-state index in [2.05, 4.69) is 41.4 Å². The van der Waals surface area contributed by atoms with Gasteiger partial charge in [-0.05, 0) is 25.7 Å². The highest BCUT2D eigenvalue weighted by molar-refractivity contribution is 5.47. The average Bonchev–Trinajstić information content (AvgIpc) is 2.27. The minimum atomic E-state index is -0.170. The highest BCUT2D eigenvalue weighted by atomic mass is 15.1. The van der Waals surface area contributed by atoms with Crippen molar-refractivity contribution >= 4 is 11.6 Å². The van der Waals surface area contributed by atoms with Crippen molar-refractivity contribution in [3.63, 3.8) is 0 Å². The van der Waals surface area contributed by atoms with Gasteiger partial charge in [0, 0.05) is 24.7 Å². The van der Waals surface area contributed by atoms with Crippen LogP contribution in [0.5, 0.6) is 0 Å². The Balaban J connectivity index is 2.57. The van der Waals surface area contributed by atoms with E-state index in [1.54, 1.807) is 6.33 Å². The molecule has 0 fully saturated rings. The summed E-state index contributed by atoms with van der Waals surface area (Å²) in [4.78, 5) is 8.43. The first-order chi connectivity index (χ1) is 8.72. The molecular weight excluding hydrogens is 238 g/mol. The second-order valence-electron chi connectivity index (χ2n) is 6.74. The highest BCUT2D eigenvalue weighted by Crippen LogP contribution is 2.19. The molecule has 0 atom stereocenters. The summed E-state index contributed by atoms with van der Waals surface area (Å²) in [6.07, 6.45) is 2.66. The zero-order chi connectivity index (χ0) is 14.5. The van der Waals surface area contributed by atoms with Crippen molar-refractivity contribution in [3.8, 4) is 0 Å². The van der Waals surface area contributed by atoms with Gasteiger partial charge in [0.2, 0.25) is 0 Å². The molecule has 1 aromatic rings. The van der Waals surface area contributed by atoms with Gasteiger partial charge in [0.25, 0.3) is 0 Å². The van der Waals surface area contributed by atoms with Crippen LogP contribution in [0.4, 0.5) is 11.6 Å². The molecular formula is C14H27N5. The standard InChI is InChI=1S/C14H27N5/c1-13(2,3)6-7-16-11-8-12(18-10-17-11)19-14(4,5)9-15/h8,10H,6-7,9,15H2,1-5H3,(H2,16,17,18,19). The number of aromatic nitrogens is 2. The average molecular weight is 265 g/mol. The van der Waals surface area contributed by atoms with E-state index in [0.29, 0.717) is 12.0 Å². The lowest BCUT2D eigenvalue weighted by atomic mass is 9.92. The Morgan fingerprint density at radius 2 is 1.74 bits per heavy atom. The molecule has 1 rings (SSSR count). The molecule has 0 radical (unpaired) electrons. The van der Waals surface area contributed by atoms with Gasteiger partial charge in [0.05, 0.1) is 0 Å². The Labute approximate surface area is 116 Å². The summed E-state index contributed by atoms with van der Waals surface area (Å²) in [6, 6.07) is 1.92. The van der Waals surface area contributed by atoms with Crippen LogP contribution in [0, 0.1) is 5.41 Å². The van der Waals surface area contributed by atoms with Crippen LogP contribution in [0.25, 0.3) is 0 Å². The molecule has 108 valence electrons. The predicted octanol–water partition coefficient (Wildman–Crippen LogP) is 2.47. The fourth-order valence-corrected chi connectivity index (χ4v) is 1.49. The Kier molecular flexibility index (Phi) is 5.11. The largest absolute Gasteiger partial charge is 0.370 e. The first kappa shape index (κ1) is 15.7. The minimum absolute atomic E-state index is 0.170. The van der Waals surface area contributed by atoms with Gasteiger partial charge in [0.15, 0.2) is 0 Å². The van der Waals surface area contributed by atoms with Crippen LogP contribution in [0.1, 0.15) is 41.0 Å². The summed E-state index contributed by atoms with van der Waals surface area (Å²) in [5.74, 6) is 1.64. The molecule has 0 aliphatic carbocycles. The molecule has 0 saturated heterocycles. The van der Waals surface area contributed by atoms with E-state index in [1.165, 1.54) is 0 Å². The second kappa shape index (κ2) is 6.19. The van der Waals surface area contributed by atoms with Gasteiger partial charge in [-0.3, -0.25) is 0 Å². The lowest BCUT2D eigenvalue weighted by molar-refractivity contribution is 0.389. The first-order valence-electron chi connectivity index (χ1n) is 6.76. The molecule has 1 heterocycles. The maximum absolute atomic E-state index is 5.70. The van der Waals surface area contributed by atoms with Crippen molar-refractivity contribution in [1.82, 2.24) is 9.97 Å². The fraction of sp³-hybridized carbons (Fsp3) is 0.714. The molecule has 1 aromatic heterocycles. The van der Waals surface area contributed by atoms with Gasteiger partial charge in [-0.15, -0.1) is 0 Å². The smallest absolute Gasteiger partial charge is 0.131 e. The molecule has 0 spiro atoms. The van der Waals surface area contributed by atoms with E-state index in [0.717, 1.165) is 24.6 Å². The molecule has 0 bridgehead atoms. The van der Waals surface area contributed by atoms with Crippen LogP contribution in [0.3, 0.4) is 0 Å². The number of hydrogen-bond acceptors (Lipinski definition) is 5. The maximum atomic E-state index is 5.70. The normalized spacial score (nSPS) is 12.3. The quantitative estimate of drug-likeness (QED) is 0.736. The summed E-state index contributed by atoms with van der Waals surface area (Å²) >= 11 is 0. The van der Waals surface area contributed by atoms with Crippen molar-refractivity contribution in [2.24, 2.45) is 11.1 Å². The van der Waals surface area contributed by atoms with Gasteiger partial charge in [0.1, 0.15) is 18.0 Å². The lowest BCUT2D eigenvalue weighted by Gasteiger charge is -2.25. The topological polar surface area (TPSA) is 75.9 Å². The van der Waals surface area contributed by atoms with E-state index < -0.39 is 0 Å². The van der Waals surface area contributed by atoms with Crippen LogP contribution >= 0.6 is 0 Å². The summed E-state index contributed by atoms with van der Waals surface area (Å²) in [5, 5.41) is 6.62. The summed E-state index contributed by atoms with van der Waals surface area (Å²) in [7, 11) is 0. The Morgan fingerprint density at radius 1 is 1.11 bits per heavy atom. The molecule has 0 aliphatic heterocycles. The molecule has 0 saturated carbocycles. The molecule has 0 amide bonds. The monoisotopic (exact) mass is 265 g/mol. The third-order valence-corrected chi connectivity index (χ3v) is 2.82. The van der Waals surface area contributed by atoms with Gasteiger partial charge in [-0.2, -0.15) is 0 Å². The van der Waals surface area contributed by atoms with Crippen LogP contribution < -0.4 is 16.4 Å². The zero-order valence-corrected chi connectivity index (χ0v) is 12.7. The Bertz CT molecular complexity index is 395. The second-order valence-corrected chi connectivity index (χ2v) is 6.74. The summed E-state index contributed by atoms with van der Waals surface area (Å²) in [5.41, 5.74) is 5.85. The van der Waals surface area contributed by atoms with Crippen LogP contribution in [-0.4, -0.2) is 28.6 Å². The number of nitrogens with zero attached hydrogens (tertiary/aromatic N) is 2. The zero-order valence-electron chi connectivity index (χ0n) is 12.7. The van der Waals surface area contributed by atoms with Crippen molar-refractivity contribution in [3.05, 3.63) is 12.4 Å². The van der Waals surface area contributed by atoms with Crippen LogP contribution in [0.15, 0.2) is 12.4 Å². The van der Waals surface area contributed by atoms with Gasteiger partial charge in [-0.1, -0.05) is 20.8 Å². The Hall–Kier alpha value is -1.36. The third-order valence-electron chi connectivity index (χ3n) is 2.82. The molecule has 0 unspecified atom stereocenters. The SMILES string of the molecule is CC(C)(C)CCNc1cc(NC(C)(C)CN)ncn1. The van der Waals surface area contributed by atoms with Crippen molar-refractivity contribution in [2.45, 2.75) is 46.6 Å². The number of nitrogens with one attached hydrogen (secondary N) is 2. The Morgan fingerprint density at radius 3 is 2.32 bits per heavy atom. The highest BCUT2D eigenvalue weighted by Gasteiger charge is 2.15.